The lowest BCUT2D eigenvalue weighted by Gasteiger charge is -2.50. The first-order valence-corrected chi connectivity index (χ1v) is 22.3. The van der Waals surface area contributed by atoms with E-state index in [2.05, 4.69) is 10.2 Å². The molecule has 0 aromatic carbocycles. The molecule has 1 amide bonds. The number of nitrogens with one attached hydrogen (secondary N) is 1. The van der Waals surface area contributed by atoms with E-state index in [1.807, 2.05) is 34.7 Å². The molecule has 0 bridgehead atoms. The topological polar surface area (TPSA) is 215 Å². The molecule has 6 N–H and O–H groups in total. The Morgan fingerprint density at radius 2 is 1.57 bits per heavy atom. The Morgan fingerprint density at radius 3 is 2.13 bits per heavy atom. The fourth-order valence-electron chi connectivity index (χ4n) is 9.84. The highest BCUT2D eigenvalue weighted by Crippen LogP contribution is 2.42. The number of methoxy groups -OCH3 is 1. The van der Waals surface area contributed by atoms with Gasteiger partial charge in [0.05, 0.1) is 53.7 Å². The molecule has 60 heavy (non-hydrogen) atoms. The number of aliphatic hydroxyl groups excluding tert-OH is 3. The minimum absolute atomic E-state index is 0.0164. The van der Waals surface area contributed by atoms with Crippen molar-refractivity contribution in [2.45, 2.75) is 224 Å². The maximum absolute atomic E-state index is 14.4. The van der Waals surface area contributed by atoms with Crippen molar-refractivity contribution in [1.29, 1.82) is 0 Å². The zero-order chi connectivity index (χ0) is 45.2. The number of likely N-dealkylation sites (N-methyl/N-ethyl adjacent to an activating group) is 1. The third kappa shape index (κ3) is 11.8. The number of hydrogen-bond acceptors (Lipinski definition) is 15. The molecule has 0 aromatic rings. The van der Waals surface area contributed by atoms with Crippen LogP contribution in [0.4, 0.5) is 0 Å². The fourth-order valence-corrected chi connectivity index (χ4v) is 9.84. The van der Waals surface area contributed by atoms with Crippen LogP contribution in [0.1, 0.15) is 122 Å². The van der Waals surface area contributed by atoms with Crippen molar-refractivity contribution in [1.82, 2.24) is 10.2 Å². The molecule has 16 heteroatoms. The van der Waals surface area contributed by atoms with E-state index in [0.29, 0.717) is 6.42 Å². The normalized spacial score (nSPS) is 46.5. The van der Waals surface area contributed by atoms with Gasteiger partial charge in [0.2, 0.25) is 5.91 Å². The number of nitrogens with zero attached hydrogens (tertiary/aromatic N) is 1. The Labute approximate surface area is 358 Å². The van der Waals surface area contributed by atoms with Gasteiger partial charge < -0.3 is 64.0 Å². The maximum Gasteiger partial charge on any atom is 0.311 e. The summed E-state index contributed by atoms with van der Waals surface area (Å²) in [6.45, 7) is 20.8. The van der Waals surface area contributed by atoms with Gasteiger partial charge in [0.25, 0.3) is 0 Å². The summed E-state index contributed by atoms with van der Waals surface area (Å²) in [7, 11) is 3.43. The van der Waals surface area contributed by atoms with E-state index >= 15 is 0 Å². The van der Waals surface area contributed by atoms with Crippen LogP contribution in [0.3, 0.4) is 0 Å². The average Bonchev–Trinajstić information content (AvgIpc) is 3.99. The summed E-state index contributed by atoms with van der Waals surface area (Å²) in [6.07, 6.45) is -8.66. The van der Waals surface area contributed by atoms with Crippen molar-refractivity contribution in [2.75, 3.05) is 20.8 Å². The van der Waals surface area contributed by atoms with Crippen LogP contribution >= 0.6 is 0 Å². The number of carbonyl (C=O) groups excluding carboxylic acids is 2. The summed E-state index contributed by atoms with van der Waals surface area (Å²) in [5.74, 6) is -4.38. The molecular weight excluding hydrogens is 780 g/mol. The van der Waals surface area contributed by atoms with E-state index in [-0.39, 0.29) is 56.0 Å². The van der Waals surface area contributed by atoms with Crippen LogP contribution in [0.25, 0.3) is 0 Å². The summed E-state index contributed by atoms with van der Waals surface area (Å²) < 4.78 is 44.2. The first kappa shape index (κ1) is 51.1. The third-order valence-corrected chi connectivity index (χ3v) is 14.0. The molecule has 1 aliphatic carbocycles. The molecule has 0 radical (unpaired) electrons. The van der Waals surface area contributed by atoms with Gasteiger partial charge in [-0.15, -0.1) is 0 Å². The van der Waals surface area contributed by atoms with Crippen molar-refractivity contribution in [2.24, 2.45) is 23.7 Å². The molecule has 4 rings (SSSR count). The lowest BCUT2D eigenvalue weighted by atomic mass is 9.73. The van der Waals surface area contributed by atoms with Crippen molar-refractivity contribution in [3.63, 3.8) is 0 Å². The lowest BCUT2D eigenvalue weighted by molar-refractivity contribution is -0.319. The second kappa shape index (κ2) is 20.5. The second-order valence-corrected chi connectivity index (χ2v) is 19.6. The van der Waals surface area contributed by atoms with Gasteiger partial charge in [0.1, 0.15) is 30.5 Å². The first-order valence-electron chi connectivity index (χ1n) is 22.3. The SMILES string of the molecule is CC[C@H]1OC(=O)[C@H](C)[C@@H](O[C@H]2C[C@@](C)(OC)[C@@H](O)[C@H](C)O2)[C@H](C)[C@@H](O[C@@H]2O[C@H](C)C[C@H](N(C)C(C)C)[C@H]2O)[C@](C)(O)C[C@@H](C)[C@H](OCC(=O)NC2CC2)[C@H](C)[C@@H](O)[C@]1(C)O. The van der Waals surface area contributed by atoms with E-state index in [1.165, 1.54) is 14.0 Å². The van der Waals surface area contributed by atoms with E-state index in [1.54, 1.807) is 48.5 Å². The van der Waals surface area contributed by atoms with Crippen molar-refractivity contribution in [3.8, 4) is 0 Å². The zero-order valence-corrected chi connectivity index (χ0v) is 38.7. The van der Waals surface area contributed by atoms with Gasteiger partial charge in [-0.3, -0.25) is 14.5 Å². The van der Waals surface area contributed by atoms with Gasteiger partial charge in [-0.1, -0.05) is 27.7 Å². The molecular formula is C44H80N2O14. The molecule has 16 nitrogen and oxygen atoms in total. The fraction of sp³-hybridized carbons (Fsp3) is 0.955. The Hall–Kier alpha value is -1.54. The number of cyclic esters (lactones) is 1. The third-order valence-electron chi connectivity index (χ3n) is 14.0. The molecule has 4 aliphatic rings. The Balaban J connectivity index is 1.84. The molecule has 3 saturated heterocycles. The van der Waals surface area contributed by atoms with Crippen molar-refractivity contribution >= 4 is 11.9 Å². The van der Waals surface area contributed by atoms with Crippen LogP contribution in [-0.2, 0) is 42.7 Å². The molecule has 0 unspecified atom stereocenters. The molecule has 3 aliphatic heterocycles. The number of rotatable bonds is 12. The Bertz CT molecular complexity index is 1400. The average molecular weight is 861 g/mol. The van der Waals surface area contributed by atoms with Crippen LogP contribution in [0.5, 0.6) is 0 Å². The number of aliphatic hydroxyl groups is 5. The highest BCUT2D eigenvalue weighted by atomic mass is 16.7. The van der Waals surface area contributed by atoms with E-state index < -0.39 is 108 Å². The summed E-state index contributed by atoms with van der Waals surface area (Å²) >= 11 is 0. The number of hydrogen-bond donors (Lipinski definition) is 6. The molecule has 350 valence electrons. The van der Waals surface area contributed by atoms with E-state index in [0.717, 1.165) is 12.8 Å². The molecule has 0 spiro atoms. The zero-order valence-electron chi connectivity index (χ0n) is 38.7. The Morgan fingerprint density at radius 1 is 0.933 bits per heavy atom. The van der Waals surface area contributed by atoms with Crippen LogP contribution in [0.2, 0.25) is 0 Å². The van der Waals surface area contributed by atoms with Gasteiger partial charge in [-0.05, 0) is 100 Å². The van der Waals surface area contributed by atoms with Gasteiger partial charge in [-0.25, -0.2) is 0 Å². The van der Waals surface area contributed by atoms with Gasteiger partial charge in [-0.2, -0.15) is 0 Å². The predicted molar refractivity (Wildman–Crippen MR) is 221 cm³/mol. The van der Waals surface area contributed by atoms with Crippen molar-refractivity contribution < 1.29 is 68.3 Å². The van der Waals surface area contributed by atoms with Gasteiger partial charge in [0.15, 0.2) is 12.6 Å². The highest BCUT2D eigenvalue weighted by molar-refractivity contribution is 5.77. The molecule has 3 heterocycles. The molecule has 4 fully saturated rings. The molecule has 19 atom stereocenters. The summed E-state index contributed by atoms with van der Waals surface area (Å²) in [5, 5.41) is 62.7. The predicted octanol–water partition coefficient (Wildman–Crippen LogP) is 2.66. The number of esters is 1. The minimum Gasteiger partial charge on any atom is -0.459 e. The van der Waals surface area contributed by atoms with Crippen LogP contribution in [0, 0.1) is 23.7 Å². The number of carbonyl (C=O) groups is 2. The molecule has 0 aromatic heterocycles. The van der Waals surface area contributed by atoms with Crippen LogP contribution in [0.15, 0.2) is 0 Å². The maximum atomic E-state index is 14.4. The monoisotopic (exact) mass is 861 g/mol. The van der Waals surface area contributed by atoms with Gasteiger partial charge in [0, 0.05) is 43.5 Å². The summed E-state index contributed by atoms with van der Waals surface area (Å²) in [5.41, 5.74) is -4.80. The molecule has 1 saturated carbocycles. The van der Waals surface area contributed by atoms with Crippen LogP contribution < -0.4 is 5.32 Å². The first-order chi connectivity index (χ1) is 27.8. The quantitative estimate of drug-likeness (QED) is 0.156. The largest absolute Gasteiger partial charge is 0.459 e. The number of ether oxygens (including phenoxy) is 7. The minimum atomic E-state index is -1.97. The summed E-state index contributed by atoms with van der Waals surface area (Å²) in [6, 6.07) is -0.146. The van der Waals surface area contributed by atoms with Crippen LogP contribution in [-0.4, -0.2) is 166 Å². The van der Waals surface area contributed by atoms with Gasteiger partial charge >= 0.3 is 5.97 Å². The lowest BCUT2D eigenvalue weighted by Crippen LogP contribution is -2.62. The Kier molecular flexibility index (Phi) is 17.5. The van der Waals surface area contributed by atoms with Crippen molar-refractivity contribution in [3.05, 3.63) is 0 Å². The standard InChI is InChI=1S/C44H80N2O14/c1-15-31-44(12,53)37(49)25(6)35(55-21-32(47)45-29-16-17-29)23(4)19-42(10,52)39(60-41-34(48)30(18-24(5)56-41)46(13)22(2)3)26(7)36(27(8)40(51)58-31)59-33-20-43(11,54-14)38(50)28(9)57-33/h22-31,33-39,41,48-50,52-53H,15-21H2,1-14H3,(H,45,47)/t23-,24-,25+,26+,27-,28+,30+,31-,33+,34-,35+,36+,37-,38+,39-,41+,42-,43-,44-/m1/s1. The smallest absolute Gasteiger partial charge is 0.311 e. The summed E-state index contributed by atoms with van der Waals surface area (Å²) in [4.78, 5) is 29.4. The highest BCUT2D eigenvalue weighted by Gasteiger charge is 2.54. The number of amides is 1. The van der Waals surface area contributed by atoms with E-state index in [4.69, 9.17) is 33.2 Å². The second-order valence-electron chi connectivity index (χ2n) is 19.6. The van der Waals surface area contributed by atoms with E-state index in [9.17, 15) is 35.1 Å².